The summed E-state index contributed by atoms with van der Waals surface area (Å²) in [7, 11) is 0. The summed E-state index contributed by atoms with van der Waals surface area (Å²) in [6.07, 6.45) is 0.557. The van der Waals surface area contributed by atoms with Gasteiger partial charge in [0.2, 0.25) is 0 Å². The molecule has 5 nitrogen and oxygen atoms in total. The maximum atomic E-state index is 11.3. The number of carboxylic acid groups (broad SMARTS) is 1. The Labute approximate surface area is 123 Å². The smallest absolute Gasteiger partial charge is 0.308 e. The molecule has 0 fully saturated rings. The molecule has 0 radical (unpaired) electrons. The van der Waals surface area contributed by atoms with E-state index in [1.54, 1.807) is 12.1 Å². The van der Waals surface area contributed by atoms with E-state index in [9.17, 15) is 14.7 Å². The molecule has 0 spiro atoms. The number of anilines is 1. The van der Waals surface area contributed by atoms with Gasteiger partial charge in [0.1, 0.15) is 0 Å². The van der Waals surface area contributed by atoms with Crippen molar-refractivity contribution in [2.24, 2.45) is 17.6 Å². The van der Waals surface area contributed by atoms with Crippen molar-refractivity contribution in [2.45, 2.75) is 20.3 Å². The van der Waals surface area contributed by atoms with Gasteiger partial charge >= 0.3 is 5.97 Å². The number of nitrogens with one attached hydrogen (secondary N) is 1. The van der Waals surface area contributed by atoms with E-state index < -0.39 is 17.8 Å². The third-order valence-corrected chi connectivity index (χ3v) is 3.13. The summed E-state index contributed by atoms with van der Waals surface area (Å²) in [5.74, 6) is -1.71. The van der Waals surface area contributed by atoms with Crippen LogP contribution >= 0.6 is 11.6 Å². The summed E-state index contributed by atoms with van der Waals surface area (Å²) in [4.78, 5) is 22.5. The number of aliphatic carboxylic acids is 1. The first-order valence-corrected chi connectivity index (χ1v) is 6.75. The van der Waals surface area contributed by atoms with Crippen LogP contribution in [0.25, 0.3) is 0 Å². The maximum Gasteiger partial charge on any atom is 0.308 e. The zero-order valence-electron chi connectivity index (χ0n) is 11.5. The molecule has 1 rings (SSSR count). The third kappa shape index (κ3) is 4.74. The number of benzene rings is 1. The lowest BCUT2D eigenvalue weighted by molar-refractivity contribution is -0.141. The van der Waals surface area contributed by atoms with E-state index in [2.05, 4.69) is 5.32 Å². The highest BCUT2D eigenvalue weighted by atomic mass is 35.5. The number of hydrogen-bond acceptors (Lipinski definition) is 3. The summed E-state index contributed by atoms with van der Waals surface area (Å²) in [6, 6.07) is 4.70. The first-order chi connectivity index (χ1) is 9.31. The van der Waals surface area contributed by atoms with E-state index in [0.29, 0.717) is 17.1 Å². The predicted octanol–water partition coefficient (Wildman–Crippen LogP) is 2.60. The first-order valence-electron chi connectivity index (χ1n) is 6.37. The minimum Gasteiger partial charge on any atom is -0.481 e. The van der Waals surface area contributed by atoms with Crippen molar-refractivity contribution < 1.29 is 14.7 Å². The Bertz CT molecular complexity index is 503. The Kier molecular flexibility index (Phi) is 5.82. The van der Waals surface area contributed by atoms with Gasteiger partial charge in [-0.1, -0.05) is 25.4 Å². The van der Waals surface area contributed by atoms with Crippen molar-refractivity contribution in [1.82, 2.24) is 0 Å². The van der Waals surface area contributed by atoms with Crippen LogP contribution in [0.5, 0.6) is 0 Å². The lowest BCUT2D eigenvalue weighted by Crippen LogP contribution is -2.25. The van der Waals surface area contributed by atoms with Gasteiger partial charge in [0.15, 0.2) is 0 Å². The number of halogens is 1. The van der Waals surface area contributed by atoms with Gasteiger partial charge in [-0.2, -0.15) is 0 Å². The standard InChI is InChI=1S/C14H19ClN2O3/c1-8(2)5-9(14(19)20)7-17-12-4-3-10(15)6-11(12)13(16)18/h3-4,6,8-9,17H,5,7H2,1-2H3,(H2,16,18)(H,19,20). The van der Waals surface area contributed by atoms with E-state index in [1.807, 2.05) is 13.8 Å². The predicted molar refractivity (Wildman–Crippen MR) is 79.0 cm³/mol. The number of carbonyl (C=O) groups excluding carboxylic acids is 1. The van der Waals surface area contributed by atoms with Crippen LogP contribution in [0.1, 0.15) is 30.6 Å². The van der Waals surface area contributed by atoms with Gasteiger partial charge in [0, 0.05) is 17.3 Å². The van der Waals surface area contributed by atoms with Crippen molar-refractivity contribution in [3.8, 4) is 0 Å². The van der Waals surface area contributed by atoms with E-state index in [0.717, 1.165) is 0 Å². The van der Waals surface area contributed by atoms with Gasteiger partial charge in [-0.05, 0) is 30.5 Å². The van der Waals surface area contributed by atoms with Crippen molar-refractivity contribution in [2.75, 3.05) is 11.9 Å². The Morgan fingerprint density at radius 3 is 2.55 bits per heavy atom. The normalized spacial score (nSPS) is 12.2. The molecule has 1 amide bonds. The van der Waals surface area contributed by atoms with Crippen molar-refractivity contribution in [3.63, 3.8) is 0 Å². The maximum absolute atomic E-state index is 11.3. The molecule has 0 aliphatic rings. The molecule has 20 heavy (non-hydrogen) atoms. The topological polar surface area (TPSA) is 92.4 Å². The number of rotatable bonds is 7. The van der Waals surface area contributed by atoms with Gasteiger partial charge in [-0.25, -0.2) is 0 Å². The van der Waals surface area contributed by atoms with Crippen molar-refractivity contribution in [3.05, 3.63) is 28.8 Å². The Balaban J connectivity index is 2.82. The second-order valence-corrected chi connectivity index (χ2v) is 5.54. The van der Waals surface area contributed by atoms with E-state index in [-0.39, 0.29) is 18.0 Å². The fraction of sp³-hybridized carbons (Fsp3) is 0.429. The molecule has 0 aromatic heterocycles. The number of carboxylic acids is 1. The third-order valence-electron chi connectivity index (χ3n) is 2.89. The molecule has 0 heterocycles. The number of hydrogen-bond donors (Lipinski definition) is 3. The molecule has 0 aliphatic carbocycles. The zero-order valence-corrected chi connectivity index (χ0v) is 12.3. The van der Waals surface area contributed by atoms with E-state index in [1.165, 1.54) is 6.07 Å². The second kappa shape index (κ2) is 7.14. The summed E-state index contributed by atoms with van der Waals surface area (Å²) in [6.45, 7) is 4.16. The quantitative estimate of drug-likeness (QED) is 0.721. The summed E-state index contributed by atoms with van der Waals surface area (Å²) >= 11 is 5.81. The molecule has 110 valence electrons. The number of nitrogens with two attached hydrogens (primary N) is 1. The van der Waals surface area contributed by atoms with Crippen LogP contribution in [0.4, 0.5) is 5.69 Å². The molecule has 1 unspecified atom stereocenters. The fourth-order valence-corrected chi connectivity index (χ4v) is 2.12. The van der Waals surface area contributed by atoms with Crippen molar-refractivity contribution >= 4 is 29.2 Å². The summed E-state index contributed by atoms with van der Waals surface area (Å²) in [5, 5.41) is 12.5. The van der Waals surface area contributed by atoms with Crippen LogP contribution in [-0.4, -0.2) is 23.5 Å². The Hall–Kier alpha value is -1.75. The lowest BCUT2D eigenvalue weighted by atomic mass is 9.97. The second-order valence-electron chi connectivity index (χ2n) is 5.10. The molecule has 0 aliphatic heterocycles. The Morgan fingerprint density at radius 2 is 2.05 bits per heavy atom. The van der Waals surface area contributed by atoms with E-state index in [4.69, 9.17) is 17.3 Å². The first kappa shape index (κ1) is 16.3. The SMILES string of the molecule is CC(C)CC(CNc1ccc(Cl)cc1C(N)=O)C(=O)O. The number of carbonyl (C=O) groups is 2. The van der Waals surface area contributed by atoms with Crippen LogP contribution in [-0.2, 0) is 4.79 Å². The van der Waals surface area contributed by atoms with Crippen LogP contribution in [0.2, 0.25) is 5.02 Å². The van der Waals surface area contributed by atoms with Gasteiger partial charge in [-0.15, -0.1) is 0 Å². The van der Waals surface area contributed by atoms with Crippen LogP contribution in [0.3, 0.4) is 0 Å². The minimum absolute atomic E-state index is 0.232. The molecule has 1 aromatic carbocycles. The van der Waals surface area contributed by atoms with E-state index >= 15 is 0 Å². The molecule has 0 saturated heterocycles. The molecule has 0 saturated carbocycles. The van der Waals surface area contributed by atoms with Gasteiger partial charge in [-0.3, -0.25) is 9.59 Å². The van der Waals surface area contributed by atoms with Gasteiger partial charge in [0.05, 0.1) is 11.5 Å². The average Bonchev–Trinajstić information content (AvgIpc) is 2.34. The fourth-order valence-electron chi connectivity index (χ4n) is 1.95. The van der Waals surface area contributed by atoms with Crippen LogP contribution in [0.15, 0.2) is 18.2 Å². The Morgan fingerprint density at radius 1 is 1.40 bits per heavy atom. The highest BCUT2D eigenvalue weighted by Crippen LogP contribution is 2.21. The lowest BCUT2D eigenvalue weighted by Gasteiger charge is -2.17. The van der Waals surface area contributed by atoms with Gasteiger partial charge < -0.3 is 16.2 Å². The highest BCUT2D eigenvalue weighted by Gasteiger charge is 2.19. The van der Waals surface area contributed by atoms with Crippen LogP contribution < -0.4 is 11.1 Å². The zero-order chi connectivity index (χ0) is 15.3. The molecular formula is C14H19ClN2O3. The summed E-state index contributed by atoms with van der Waals surface area (Å²) < 4.78 is 0. The molecule has 1 atom stereocenters. The summed E-state index contributed by atoms with van der Waals surface area (Å²) in [5.41, 5.74) is 6.03. The minimum atomic E-state index is -0.860. The highest BCUT2D eigenvalue weighted by molar-refractivity contribution is 6.31. The molecule has 1 aromatic rings. The van der Waals surface area contributed by atoms with Gasteiger partial charge in [0.25, 0.3) is 5.91 Å². The van der Waals surface area contributed by atoms with Crippen molar-refractivity contribution in [1.29, 1.82) is 0 Å². The van der Waals surface area contributed by atoms with Crippen LogP contribution in [0, 0.1) is 11.8 Å². The molecular weight excluding hydrogens is 280 g/mol. The number of primary amides is 1. The number of amides is 1. The molecule has 4 N–H and O–H groups in total. The molecule has 0 bridgehead atoms. The molecule has 6 heteroatoms. The average molecular weight is 299 g/mol. The monoisotopic (exact) mass is 298 g/mol. The largest absolute Gasteiger partial charge is 0.481 e.